The van der Waals surface area contributed by atoms with E-state index in [2.05, 4.69) is 109 Å². The zero-order valence-electron chi connectivity index (χ0n) is 20.5. The van der Waals surface area contributed by atoms with Gasteiger partial charge in [-0.25, -0.2) is 4.98 Å². The van der Waals surface area contributed by atoms with Crippen LogP contribution in [0.2, 0.25) is 0 Å². The van der Waals surface area contributed by atoms with Gasteiger partial charge in [-0.15, -0.1) is 0 Å². The molecular weight excluding hydrogens is 534 g/mol. The maximum atomic E-state index is 8.00. The highest BCUT2D eigenvalue weighted by Gasteiger charge is 2.11. The molecule has 6 nitrogen and oxygen atoms in total. The van der Waals surface area contributed by atoms with E-state index >= 15 is 0 Å². The monoisotopic (exact) mass is 565 g/mol. The number of rotatable bonds is 6. The SMILES string of the molecule is Brc1ccc(Cc2nc(-c3ccc(-c4cccc(CN5CCSCC5)c4)cc3)n[nH]2)cc1.C=O.CN. The lowest BCUT2D eigenvalue weighted by atomic mass is 10.0. The van der Waals surface area contributed by atoms with Crippen LogP contribution in [0.1, 0.15) is 17.0 Å². The van der Waals surface area contributed by atoms with Crippen molar-refractivity contribution in [2.75, 3.05) is 31.6 Å². The summed E-state index contributed by atoms with van der Waals surface area (Å²) < 4.78 is 1.08. The molecule has 0 radical (unpaired) electrons. The van der Waals surface area contributed by atoms with E-state index in [-0.39, 0.29) is 0 Å². The summed E-state index contributed by atoms with van der Waals surface area (Å²) in [7, 11) is 1.50. The van der Waals surface area contributed by atoms with E-state index < -0.39 is 0 Å². The number of nitrogens with two attached hydrogens (primary N) is 1. The highest BCUT2D eigenvalue weighted by atomic mass is 79.9. The Morgan fingerprint density at radius 1 is 0.917 bits per heavy atom. The van der Waals surface area contributed by atoms with Gasteiger partial charge in [0, 0.05) is 47.6 Å². The zero-order chi connectivity index (χ0) is 25.8. The summed E-state index contributed by atoms with van der Waals surface area (Å²) in [5.74, 6) is 4.09. The average molecular weight is 567 g/mol. The Hall–Kier alpha value is -2.78. The van der Waals surface area contributed by atoms with Crippen molar-refractivity contribution in [1.29, 1.82) is 0 Å². The van der Waals surface area contributed by atoms with E-state index in [0.717, 1.165) is 34.7 Å². The average Bonchev–Trinajstić information content (AvgIpc) is 3.42. The topological polar surface area (TPSA) is 87.9 Å². The van der Waals surface area contributed by atoms with Crippen molar-refractivity contribution in [3.63, 3.8) is 0 Å². The third-order valence-corrected chi connectivity index (χ3v) is 7.20. The van der Waals surface area contributed by atoms with Gasteiger partial charge >= 0.3 is 0 Å². The van der Waals surface area contributed by atoms with Gasteiger partial charge in [0.25, 0.3) is 0 Å². The van der Waals surface area contributed by atoms with Crippen LogP contribution >= 0.6 is 27.7 Å². The van der Waals surface area contributed by atoms with Crippen LogP contribution in [0.4, 0.5) is 0 Å². The number of nitrogens with one attached hydrogen (secondary N) is 1. The molecule has 1 aliphatic rings. The van der Waals surface area contributed by atoms with Crippen LogP contribution in [0, 0.1) is 0 Å². The largest absolute Gasteiger partial charge is 0.333 e. The molecular formula is C28H32BrN5OS. The minimum absolute atomic E-state index is 0.736. The maximum absolute atomic E-state index is 8.00. The van der Waals surface area contributed by atoms with Crippen LogP contribution in [-0.4, -0.2) is 58.5 Å². The fraction of sp³-hybridized carbons (Fsp3) is 0.250. The van der Waals surface area contributed by atoms with Crippen LogP contribution in [0.15, 0.2) is 77.3 Å². The Balaban J connectivity index is 0.000000861. The predicted octanol–water partition coefficient (Wildman–Crippen LogP) is 5.43. The first-order chi connectivity index (χ1) is 17.7. The molecule has 5 rings (SSSR count). The van der Waals surface area contributed by atoms with Crippen molar-refractivity contribution in [3.05, 3.63) is 94.2 Å². The van der Waals surface area contributed by atoms with Crippen molar-refractivity contribution in [2.45, 2.75) is 13.0 Å². The second-order valence-corrected chi connectivity index (χ2v) is 10.2. The molecule has 188 valence electrons. The quantitative estimate of drug-likeness (QED) is 0.324. The van der Waals surface area contributed by atoms with E-state index in [1.54, 1.807) is 0 Å². The minimum atomic E-state index is 0.736. The number of nitrogens with zero attached hydrogens (tertiary/aromatic N) is 3. The molecule has 0 saturated carbocycles. The molecule has 3 N–H and O–H groups in total. The van der Waals surface area contributed by atoms with Crippen LogP contribution in [0.3, 0.4) is 0 Å². The number of carbonyl (C=O) groups excluding carboxylic acids is 1. The number of aromatic amines is 1. The molecule has 0 atom stereocenters. The maximum Gasteiger partial charge on any atom is 0.181 e. The summed E-state index contributed by atoms with van der Waals surface area (Å²) in [4.78, 5) is 15.2. The third-order valence-electron chi connectivity index (χ3n) is 5.73. The Kier molecular flexibility index (Phi) is 11.4. The van der Waals surface area contributed by atoms with Gasteiger partial charge in [0.15, 0.2) is 5.82 Å². The lowest BCUT2D eigenvalue weighted by Gasteiger charge is -2.26. The number of carbonyl (C=O) groups is 1. The van der Waals surface area contributed by atoms with Gasteiger partial charge in [-0.1, -0.05) is 70.5 Å². The number of H-pyrrole nitrogens is 1. The van der Waals surface area contributed by atoms with E-state index in [9.17, 15) is 0 Å². The summed E-state index contributed by atoms with van der Waals surface area (Å²) in [6.07, 6.45) is 0.737. The first-order valence-electron chi connectivity index (χ1n) is 11.8. The van der Waals surface area contributed by atoms with Gasteiger partial charge in [-0.2, -0.15) is 16.9 Å². The summed E-state index contributed by atoms with van der Waals surface area (Å²) in [5.41, 5.74) is 10.6. The Labute approximate surface area is 225 Å². The number of aromatic nitrogens is 3. The second-order valence-electron chi connectivity index (χ2n) is 8.08. The minimum Gasteiger partial charge on any atom is -0.333 e. The molecule has 0 amide bonds. The first kappa shape index (κ1) is 27.8. The van der Waals surface area contributed by atoms with Crippen molar-refractivity contribution in [1.82, 2.24) is 20.1 Å². The van der Waals surface area contributed by atoms with Gasteiger partial charge < -0.3 is 10.5 Å². The molecule has 0 aliphatic carbocycles. The number of halogens is 1. The van der Waals surface area contributed by atoms with E-state index in [0.29, 0.717) is 0 Å². The van der Waals surface area contributed by atoms with Crippen LogP contribution in [0.5, 0.6) is 0 Å². The molecule has 1 aliphatic heterocycles. The molecule has 4 aromatic rings. The van der Waals surface area contributed by atoms with Crippen LogP contribution in [-0.2, 0) is 17.8 Å². The highest BCUT2D eigenvalue weighted by Crippen LogP contribution is 2.25. The van der Waals surface area contributed by atoms with Gasteiger partial charge in [0.05, 0.1) is 0 Å². The third kappa shape index (κ3) is 7.86. The summed E-state index contributed by atoms with van der Waals surface area (Å²) in [6, 6.07) is 25.7. The Morgan fingerprint density at radius 2 is 1.58 bits per heavy atom. The zero-order valence-corrected chi connectivity index (χ0v) is 22.9. The molecule has 0 spiro atoms. The summed E-state index contributed by atoms with van der Waals surface area (Å²) in [6.45, 7) is 5.40. The number of thioether (sulfide) groups is 1. The normalized spacial score (nSPS) is 13.2. The van der Waals surface area contributed by atoms with Gasteiger partial charge in [-0.3, -0.25) is 10.00 Å². The molecule has 1 fully saturated rings. The van der Waals surface area contributed by atoms with E-state index in [1.807, 2.05) is 18.9 Å². The van der Waals surface area contributed by atoms with E-state index in [4.69, 9.17) is 9.78 Å². The molecule has 1 aromatic heterocycles. The standard InChI is InChI=1S/C26H25BrN4S.CH5N.CH2O/c27-24-10-4-19(5-11-24)17-25-28-26(30-29-25)22-8-6-21(7-9-22)23-3-1-2-20(16-23)18-31-12-14-32-15-13-31;2*1-2/h1-11,16H,12-15,17-18H2,(H,28,29,30);2H2,1H3;1H2. The number of hydrogen-bond donors (Lipinski definition) is 2. The smallest absolute Gasteiger partial charge is 0.181 e. The lowest BCUT2D eigenvalue weighted by Crippen LogP contribution is -2.31. The molecule has 36 heavy (non-hydrogen) atoms. The molecule has 1 saturated heterocycles. The molecule has 8 heteroatoms. The Bertz CT molecular complexity index is 1190. The van der Waals surface area contributed by atoms with Crippen molar-refractivity contribution >= 4 is 34.5 Å². The van der Waals surface area contributed by atoms with Gasteiger partial charge in [0.1, 0.15) is 12.6 Å². The molecule has 0 unspecified atom stereocenters. The molecule has 3 aromatic carbocycles. The number of hydrogen-bond acceptors (Lipinski definition) is 6. The molecule has 2 heterocycles. The Morgan fingerprint density at radius 3 is 2.28 bits per heavy atom. The van der Waals surface area contributed by atoms with E-state index in [1.165, 1.54) is 53.9 Å². The van der Waals surface area contributed by atoms with Crippen molar-refractivity contribution in [3.8, 4) is 22.5 Å². The highest BCUT2D eigenvalue weighted by molar-refractivity contribution is 9.10. The lowest BCUT2D eigenvalue weighted by molar-refractivity contribution is -0.0979. The van der Waals surface area contributed by atoms with Crippen molar-refractivity contribution < 1.29 is 4.79 Å². The van der Waals surface area contributed by atoms with Gasteiger partial charge in [0.2, 0.25) is 0 Å². The first-order valence-corrected chi connectivity index (χ1v) is 13.7. The second kappa shape index (κ2) is 14.7. The molecule has 0 bridgehead atoms. The summed E-state index contributed by atoms with van der Waals surface area (Å²) >= 11 is 5.53. The predicted molar refractivity (Wildman–Crippen MR) is 154 cm³/mol. The fourth-order valence-corrected chi connectivity index (χ4v) is 5.22. The van der Waals surface area contributed by atoms with Gasteiger partial charge in [-0.05, 0) is 47.5 Å². The number of benzene rings is 3. The fourth-order valence-electron chi connectivity index (χ4n) is 3.98. The summed E-state index contributed by atoms with van der Waals surface area (Å²) in [5, 5.41) is 7.51. The van der Waals surface area contributed by atoms with Crippen LogP contribution < -0.4 is 5.73 Å². The van der Waals surface area contributed by atoms with Crippen LogP contribution in [0.25, 0.3) is 22.5 Å². The van der Waals surface area contributed by atoms with Crippen molar-refractivity contribution in [2.24, 2.45) is 5.73 Å².